The highest BCUT2D eigenvalue weighted by molar-refractivity contribution is 7.22. The number of anilines is 1. The molecule has 1 amide bonds. The molecule has 1 N–H and O–H groups in total. The molecule has 6 rings (SSSR count). The van der Waals surface area contributed by atoms with Crippen LogP contribution in [0.4, 0.5) is 5.13 Å². The average Bonchev–Trinajstić information content (AvgIpc) is 3.67. The van der Waals surface area contributed by atoms with Crippen molar-refractivity contribution in [1.29, 1.82) is 0 Å². The Hall–Kier alpha value is -4.83. The number of amides is 1. The number of carbonyl (C=O) groups excluding carboxylic acids is 2. The van der Waals surface area contributed by atoms with E-state index in [4.69, 9.17) is 23.9 Å². The van der Waals surface area contributed by atoms with Crippen molar-refractivity contribution in [1.82, 2.24) is 4.98 Å². The van der Waals surface area contributed by atoms with E-state index in [1.807, 2.05) is 19.9 Å². The number of fused-ring (bicyclic) bond motifs is 2. The zero-order valence-electron chi connectivity index (χ0n) is 24.0. The summed E-state index contributed by atoms with van der Waals surface area (Å²) in [5.41, 5.74) is 2.49. The third-order valence-electron chi connectivity index (χ3n) is 7.34. The minimum absolute atomic E-state index is 0.00875. The van der Waals surface area contributed by atoms with Crippen LogP contribution in [-0.4, -0.2) is 48.2 Å². The molecule has 3 aromatic carbocycles. The van der Waals surface area contributed by atoms with Gasteiger partial charge in [0.2, 0.25) is 0 Å². The van der Waals surface area contributed by atoms with E-state index in [-0.39, 0.29) is 24.0 Å². The van der Waals surface area contributed by atoms with Gasteiger partial charge in [0.05, 0.1) is 35.5 Å². The number of hydrogen-bond acceptors (Lipinski definition) is 9. The molecule has 1 aromatic heterocycles. The zero-order chi connectivity index (χ0) is 30.2. The summed E-state index contributed by atoms with van der Waals surface area (Å²) in [6.45, 7) is 8.16. The van der Waals surface area contributed by atoms with Gasteiger partial charge in [-0.2, -0.15) is 0 Å². The van der Waals surface area contributed by atoms with Crippen LogP contribution in [0.2, 0.25) is 0 Å². The van der Waals surface area contributed by atoms with Crippen molar-refractivity contribution in [3.63, 3.8) is 0 Å². The highest BCUT2D eigenvalue weighted by Crippen LogP contribution is 2.46. The van der Waals surface area contributed by atoms with Crippen molar-refractivity contribution in [3.05, 3.63) is 89.5 Å². The van der Waals surface area contributed by atoms with Crippen molar-refractivity contribution in [2.24, 2.45) is 0 Å². The van der Waals surface area contributed by atoms with E-state index in [9.17, 15) is 14.7 Å². The van der Waals surface area contributed by atoms with Crippen LogP contribution in [0.15, 0.2) is 72.8 Å². The molecule has 43 heavy (non-hydrogen) atoms. The van der Waals surface area contributed by atoms with E-state index in [0.717, 1.165) is 16.0 Å². The lowest BCUT2D eigenvalue weighted by atomic mass is 9.94. The van der Waals surface area contributed by atoms with Crippen LogP contribution < -0.4 is 23.8 Å². The molecule has 0 radical (unpaired) electrons. The van der Waals surface area contributed by atoms with Crippen LogP contribution in [0.1, 0.15) is 36.6 Å². The molecule has 0 saturated carbocycles. The monoisotopic (exact) mass is 598 g/mol. The normalized spacial score (nSPS) is 18.9. The minimum atomic E-state index is -0.987. The van der Waals surface area contributed by atoms with E-state index in [1.165, 1.54) is 16.2 Å². The van der Waals surface area contributed by atoms with Crippen LogP contribution in [0, 0.1) is 0 Å². The predicted octanol–water partition coefficient (Wildman–Crippen LogP) is 6.22. The third-order valence-corrected chi connectivity index (χ3v) is 8.36. The Labute approximate surface area is 252 Å². The van der Waals surface area contributed by atoms with Gasteiger partial charge in [0.15, 0.2) is 16.6 Å². The number of methoxy groups -OCH3 is 1. The van der Waals surface area contributed by atoms with Gasteiger partial charge in [0, 0.05) is 12.0 Å². The second-order valence-electron chi connectivity index (χ2n) is 10.2. The van der Waals surface area contributed by atoms with Gasteiger partial charge in [-0.05, 0) is 73.5 Å². The fraction of sp³-hybridized carbons (Fsp3) is 0.242. The molecular weight excluding hydrogens is 568 g/mol. The number of aromatic nitrogens is 1. The summed E-state index contributed by atoms with van der Waals surface area (Å²) in [5, 5.41) is 12.0. The second kappa shape index (κ2) is 11.4. The van der Waals surface area contributed by atoms with E-state index in [0.29, 0.717) is 52.1 Å². The van der Waals surface area contributed by atoms with Crippen LogP contribution in [0.3, 0.4) is 0 Å². The largest absolute Gasteiger partial charge is 0.507 e. The summed E-state index contributed by atoms with van der Waals surface area (Å²) in [4.78, 5) is 33.6. The number of ether oxygens (including phenoxy) is 4. The minimum Gasteiger partial charge on any atom is -0.507 e. The van der Waals surface area contributed by atoms with Gasteiger partial charge in [-0.25, -0.2) is 4.98 Å². The van der Waals surface area contributed by atoms with Crippen LogP contribution in [-0.2, 0) is 16.0 Å². The van der Waals surface area contributed by atoms with Crippen molar-refractivity contribution in [2.75, 3.05) is 25.2 Å². The van der Waals surface area contributed by atoms with E-state index >= 15 is 0 Å². The van der Waals surface area contributed by atoms with Crippen molar-refractivity contribution < 1.29 is 33.6 Å². The molecule has 1 fully saturated rings. The number of Topliss-reactive ketones (excluding diaryl/α,β-unsaturated/α-hetero) is 1. The predicted molar refractivity (Wildman–Crippen MR) is 164 cm³/mol. The number of aliphatic hydroxyl groups is 1. The van der Waals surface area contributed by atoms with Crippen LogP contribution in [0.25, 0.3) is 16.0 Å². The van der Waals surface area contributed by atoms with Gasteiger partial charge in [0.25, 0.3) is 5.78 Å². The molecule has 2 aliphatic rings. The summed E-state index contributed by atoms with van der Waals surface area (Å²) in [7, 11) is 1.58. The molecule has 2 aliphatic heterocycles. The second-order valence-corrected chi connectivity index (χ2v) is 11.2. The average molecular weight is 599 g/mol. The molecule has 2 atom stereocenters. The van der Waals surface area contributed by atoms with Gasteiger partial charge in [-0.15, -0.1) is 0 Å². The Balaban J connectivity index is 1.53. The molecule has 1 saturated heterocycles. The number of hydrogen-bond donors (Lipinski definition) is 1. The number of thiazole rings is 1. The molecule has 9 nitrogen and oxygen atoms in total. The summed E-state index contributed by atoms with van der Waals surface area (Å²) < 4.78 is 23.6. The van der Waals surface area contributed by atoms with E-state index in [1.54, 1.807) is 61.7 Å². The Morgan fingerprint density at radius 3 is 2.74 bits per heavy atom. The Bertz CT molecular complexity index is 1790. The van der Waals surface area contributed by atoms with Crippen LogP contribution >= 0.6 is 11.3 Å². The standard InChI is InChI=1S/C33H30N2O7S/c1-5-13-41-25-12-7-19(16-26(25)40-6-2)29-28(30(36)20-8-11-24-21(15-20)14-18(3)42-24)31(37)32(38)35(29)33-34-23-10-9-22(39-4)17-27(23)43-33/h5,7-12,15-18,29,36H,1,6,13-14H2,2-4H3/b30-28-. The van der Waals surface area contributed by atoms with E-state index < -0.39 is 17.7 Å². The lowest BCUT2D eigenvalue weighted by molar-refractivity contribution is -0.132. The molecule has 3 heterocycles. The fourth-order valence-electron chi connectivity index (χ4n) is 5.42. The summed E-state index contributed by atoms with van der Waals surface area (Å²) in [6.07, 6.45) is 2.31. The van der Waals surface area contributed by atoms with Gasteiger partial charge in [-0.1, -0.05) is 30.1 Å². The highest BCUT2D eigenvalue weighted by atomic mass is 32.1. The lowest BCUT2D eigenvalue weighted by Gasteiger charge is -2.24. The topological polar surface area (TPSA) is 107 Å². The van der Waals surface area contributed by atoms with Gasteiger partial charge in [-0.3, -0.25) is 14.5 Å². The Kier molecular flexibility index (Phi) is 7.53. The number of nitrogens with zero attached hydrogens (tertiary/aromatic N) is 2. The maximum atomic E-state index is 13.8. The first-order chi connectivity index (χ1) is 20.8. The smallest absolute Gasteiger partial charge is 0.301 e. The molecule has 220 valence electrons. The van der Waals surface area contributed by atoms with Crippen molar-refractivity contribution in [2.45, 2.75) is 32.4 Å². The first-order valence-electron chi connectivity index (χ1n) is 13.9. The zero-order valence-corrected chi connectivity index (χ0v) is 24.8. The first kappa shape index (κ1) is 28.3. The van der Waals surface area contributed by atoms with Crippen molar-refractivity contribution >= 4 is 44.1 Å². The van der Waals surface area contributed by atoms with Crippen LogP contribution in [0.5, 0.6) is 23.0 Å². The number of rotatable bonds is 9. The van der Waals surface area contributed by atoms with Gasteiger partial charge >= 0.3 is 5.91 Å². The maximum absolute atomic E-state index is 13.8. The highest BCUT2D eigenvalue weighted by Gasteiger charge is 2.48. The van der Waals surface area contributed by atoms with E-state index in [2.05, 4.69) is 6.58 Å². The van der Waals surface area contributed by atoms with Crippen molar-refractivity contribution in [3.8, 4) is 23.0 Å². The van der Waals surface area contributed by atoms with Gasteiger partial charge in [0.1, 0.15) is 30.0 Å². The van der Waals surface area contributed by atoms with Gasteiger partial charge < -0.3 is 24.1 Å². The summed E-state index contributed by atoms with van der Waals surface area (Å²) in [6, 6.07) is 14.9. The SMILES string of the molecule is C=CCOc1ccc(C2/C(=C(/O)c3ccc4c(c3)CC(C)O4)C(=O)C(=O)N2c2nc3ccc(OC)cc3s2)cc1OCC. The molecule has 0 bridgehead atoms. The number of benzene rings is 3. The lowest BCUT2D eigenvalue weighted by Crippen LogP contribution is -2.29. The Morgan fingerprint density at radius 2 is 1.98 bits per heavy atom. The number of ketones is 1. The molecule has 0 spiro atoms. The summed E-state index contributed by atoms with van der Waals surface area (Å²) >= 11 is 1.26. The Morgan fingerprint density at radius 1 is 1.14 bits per heavy atom. The third kappa shape index (κ3) is 5.08. The molecule has 10 heteroatoms. The fourth-order valence-corrected chi connectivity index (χ4v) is 6.44. The molecular formula is C33H30N2O7S. The first-order valence-corrected chi connectivity index (χ1v) is 14.7. The quantitative estimate of drug-likeness (QED) is 0.105. The molecule has 4 aromatic rings. The number of aliphatic hydroxyl groups excluding tert-OH is 1. The number of carbonyl (C=O) groups is 2. The molecule has 0 aliphatic carbocycles. The summed E-state index contributed by atoms with van der Waals surface area (Å²) in [5.74, 6) is 0.429. The molecule has 2 unspecified atom stereocenters. The maximum Gasteiger partial charge on any atom is 0.301 e.